The lowest BCUT2D eigenvalue weighted by molar-refractivity contribution is -0.137. The zero-order valence-electron chi connectivity index (χ0n) is 10.6. The number of thiophene rings is 1. The van der Waals surface area contributed by atoms with Crippen LogP contribution in [0.3, 0.4) is 0 Å². The van der Waals surface area contributed by atoms with Gasteiger partial charge in [-0.2, -0.15) is 18.4 Å². The molecule has 2 aromatic rings. The van der Waals surface area contributed by atoms with Crippen LogP contribution in [0.2, 0.25) is 0 Å². The Hall–Kier alpha value is -2.00. The van der Waals surface area contributed by atoms with Gasteiger partial charge in [0.05, 0.1) is 5.56 Å². The highest BCUT2D eigenvalue weighted by Crippen LogP contribution is 2.32. The van der Waals surface area contributed by atoms with Crippen molar-refractivity contribution in [2.24, 2.45) is 0 Å². The Kier molecular flexibility index (Phi) is 4.00. The first-order valence-electron chi connectivity index (χ1n) is 5.80. The van der Waals surface area contributed by atoms with Crippen LogP contribution in [0.15, 0.2) is 30.3 Å². The molecule has 0 saturated carbocycles. The van der Waals surface area contributed by atoms with Gasteiger partial charge in [0, 0.05) is 17.1 Å². The van der Waals surface area contributed by atoms with Gasteiger partial charge in [0.2, 0.25) is 0 Å². The molecule has 0 atom stereocenters. The van der Waals surface area contributed by atoms with E-state index in [4.69, 9.17) is 5.26 Å². The molecule has 2 nitrogen and oxygen atoms in total. The third kappa shape index (κ3) is 3.31. The summed E-state index contributed by atoms with van der Waals surface area (Å²) in [7, 11) is 0. The molecule has 0 radical (unpaired) electrons. The number of benzene rings is 1. The molecule has 1 N–H and O–H groups in total. The van der Waals surface area contributed by atoms with Gasteiger partial charge in [0.15, 0.2) is 0 Å². The van der Waals surface area contributed by atoms with Gasteiger partial charge in [0.1, 0.15) is 10.9 Å². The molecule has 0 aliphatic carbocycles. The lowest BCUT2D eigenvalue weighted by Gasteiger charge is -2.12. The van der Waals surface area contributed by atoms with Crippen LogP contribution >= 0.6 is 11.3 Å². The maximum Gasteiger partial charge on any atom is 0.416 e. The zero-order chi connectivity index (χ0) is 14.8. The monoisotopic (exact) mass is 296 g/mol. The second-order valence-corrected chi connectivity index (χ2v) is 5.43. The van der Waals surface area contributed by atoms with E-state index in [9.17, 15) is 13.2 Å². The molecule has 0 aliphatic heterocycles. The second-order valence-electron chi connectivity index (χ2n) is 4.26. The minimum absolute atomic E-state index is 0.397. The van der Waals surface area contributed by atoms with E-state index in [1.165, 1.54) is 17.4 Å². The fourth-order valence-electron chi connectivity index (χ4n) is 1.70. The number of aryl methyl sites for hydroxylation is 1. The van der Waals surface area contributed by atoms with Crippen LogP contribution in [0, 0.1) is 18.3 Å². The Balaban J connectivity index is 2.15. The van der Waals surface area contributed by atoms with Crippen molar-refractivity contribution in [3.63, 3.8) is 0 Å². The molecule has 0 fully saturated rings. The van der Waals surface area contributed by atoms with Crippen molar-refractivity contribution in [2.75, 3.05) is 5.32 Å². The van der Waals surface area contributed by atoms with Crippen LogP contribution in [0.25, 0.3) is 0 Å². The Morgan fingerprint density at radius 1 is 1.25 bits per heavy atom. The van der Waals surface area contributed by atoms with Gasteiger partial charge < -0.3 is 5.32 Å². The van der Waals surface area contributed by atoms with Crippen LogP contribution in [-0.4, -0.2) is 0 Å². The Labute approximate surface area is 118 Å². The molecule has 0 amide bonds. The van der Waals surface area contributed by atoms with E-state index in [0.29, 0.717) is 17.1 Å². The number of nitrogens with zero attached hydrogens (tertiary/aromatic N) is 1. The summed E-state index contributed by atoms with van der Waals surface area (Å²) in [6.45, 7) is 2.14. The molecular weight excluding hydrogens is 285 g/mol. The molecule has 1 heterocycles. The van der Waals surface area contributed by atoms with Crippen LogP contribution in [-0.2, 0) is 12.7 Å². The van der Waals surface area contributed by atoms with E-state index in [-0.39, 0.29) is 0 Å². The number of hydrogen-bond acceptors (Lipinski definition) is 3. The van der Waals surface area contributed by atoms with Gasteiger partial charge in [-0.25, -0.2) is 0 Å². The topological polar surface area (TPSA) is 35.8 Å². The number of anilines is 1. The smallest absolute Gasteiger partial charge is 0.380 e. The summed E-state index contributed by atoms with van der Waals surface area (Å²) in [6.07, 6.45) is -4.35. The third-order valence-corrected chi connectivity index (χ3v) is 3.78. The molecule has 0 spiro atoms. The average molecular weight is 296 g/mol. The number of halogens is 3. The lowest BCUT2D eigenvalue weighted by Crippen LogP contribution is -2.07. The minimum Gasteiger partial charge on any atom is -0.380 e. The van der Waals surface area contributed by atoms with Gasteiger partial charge in [-0.15, -0.1) is 11.3 Å². The average Bonchev–Trinajstić information content (AvgIpc) is 2.84. The van der Waals surface area contributed by atoms with E-state index < -0.39 is 11.7 Å². The fourth-order valence-corrected chi connectivity index (χ4v) is 2.45. The number of rotatable bonds is 3. The maximum atomic E-state index is 12.7. The summed E-state index contributed by atoms with van der Waals surface area (Å²) in [4.78, 5) is 1.49. The number of alkyl halides is 3. The summed E-state index contributed by atoms with van der Waals surface area (Å²) in [6, 6.07) is 9.13. The van der Waals surface area contributed by atoms with E-state index in [1.54, 1.807) is 19.1 Å². The normalized spacial score (nSPS) is 11.2. The van der Waals surface area contributed by atoms with Gasteiger partial charge >= 0.3 is 6.18 Å². The van der Waals surface area contributed by atoms with Crippen LogP contribution in [0.4, 0.5) is 18.9 Å². The quantitative estimate of drug-likeness (QED) is 0.901. The SMILES string of the molecule is Cc1ccc(C(F)(F)F)cc1NCc1ccc(C#N)s1. The first-order valence-corrected chi connectivity index (χ1v) is 6.62. The van der Waals surface area contributed by atoms with Crippen molar-refractivity contribution in [1.82, 2.24) is 0 Å². The predicted molar refractivity (Wildman–Crippen MR) is 72.5 cm³/mol. The Bertz CT molecular complexity index is 653. The third-order valence-electron chi connectivity index (χ3n) is 2.79. The van der Waals surface area contributed by atoms with Crippen LogP contribution in [0.1, 0.15) is 20.9 Å². The molecule has 104 valence electrons. The fraction of sp³-hybridized carbons (Fsp3) is 0.214. The molecule has 20 heavy (non-hydrogen) atoms. The molecule has 2 rings (SSSR count). The molecule has 0 saturated heterocycles. The van der Waals surface area contributed by atoms with Crippen molar-refractivity contribution in [3.05, 3.63) is 51.2 Å². The summed E-state index contributed by atoms with van der Waals surface area (Å²) in [5.41, 5.74) is 0.524. The number of hydrogen-bond donors (Lipinski definition) is 1. The van der Waals surface area contributed by atoms with Crippen molar-refractivity contribution in [2.45, 2.75) is 19.6 Å². The largest absolute Gasteiger partial charge is 0.416 e. The van der Waals surface area contributed by atoms with Crippen LogP contribution < -0.4 is 5.32 Å². The molecule has 1 aromatic carbocycles. The first kappa shape index (κ1) is 14.4. The van der Waals surface area contributed by atoms with Crippen molar-refractivity contribution < 1.29 is 13.2 Å². The molecule has 6 heteroatoms. The molecule has 0 unspecified atom stereocenters. The zero-order valence-corrected chi connectivity index (χ0v) is 11.4. The minimum atomic E-state index is -4.35. The van der Waals surface area contributed by atoms with Gasteiger partial charge in [0.25, 0.3) is 0 Å². The lowest BCUT2D eigenvalue weighted by atomic mass is 10.1. The standard InChI is InChI=1S/C14H11F3N2S/c1-9-2-3-10(14(15,16)17)6-13(9)19-8-12-5-4-11(7-18)20-12/h2-6,19H,8H2,1H3. The van der Waals surface area contributed by atoms with Crippen molar-refractivity contribution in [1.29, 1.82) is 5.26 Å². The van der Waals surface area contributed by atoms with E-state index in [1.807, 2.05) is 6.07 Å². The summed E-state index contributed by atoms with van der Waals surface area (Å²) < 4.78 is 38.0. The van der Waals surface area contributed by atoms with Gasteiger partial charge in [-0.3, -0.25) is 0 Å². The van der Waals surface area contributed by atoms with Gasteiger partial charge in [-0.05, 0) is 36.8 Å². The van der Waals surface area contributed by atoms with Crippen molar-refractivity contribution in [3.8, 4) is 6.07 Å². The maximum absolute atomic E-state index is 12.7. The Morgan fingerprint density at radius 3 is 2.60 bits per heavy atom. The molecular formula is C14H11F3N2S. The highest BCUT2D eigenvalue weighted by Gasteiger charge is 2.30. The van der Waals surface area contributed by atoms with Crippen LogP contribution in [0.5, 0.6) is 0 Å². The van der Waals surface area contributed by atoms with E-state index in [0.717, 1.165) is 22.6 Å². The van der Waals surface area contributed by atoms with E-state index in [2.05, 4.69) is 5.32 Å². The highest BCUT2D eigenvalue weighted by atomic mass is 32.1. The molecule has 1 aromatic heterocycles. The number of nitrogens with one attached hydrogen (secondary N) is 1. The second kappa shape index (κ2) is 5.55. The van der Waals surface area contributed by atoms with E-state index >= 15 is 0 Å². The highest BCUT2D eigenvalue weighted by molar-refractivity contribution is 7.12. The summed E-state index contributed by atoms with van der Waals surface area (Å²) >= 11 is 1.32. The van der Waals surface area contributed by atoms with Gasteiger partial charge in [-0.1, -0.05) is 6.07 Å². The Morgan fingerprint density at radius 2 is 2.00 bits per heavy atom. The first-order chi connectivity index (χ1) is 9.40. The van der Waals surface area contributed by atoms with Crippen molar-refractivity contribution >= 4 is 17.0 Å². The molecule has 0 aliphatic rings. The summed E-state index contributed by atoms with van der Waals surface area (Å²) in [5, 5.41) is 11.7. The molecule has 0 bridgehead atoms. The predicted octanol–water partition coefficient (Wildman–Crippen LogP) is 4.56. The number of nitriles is 1. The summed E-state index contributed by atoms with van der Waals surface area (Å²) in [5.74, 6) is 0.